The zero-order valence-electron chi connectivity index (χ0n) is 9.59. The van der Waals surface area contributed by atoms with Gasteiger partial charge in [-0.05, 0) is 18.9 Å². The van der Waals surface area contributed by atoms with Crippen LogP contribution in [0.15, 0.2) is 24.3 Å². The lowest BCUT2D eigenvalue weighted by atomic mass is 10.2. The SMILES string of the molecule is NC(=O)c1nn(NC(=O)C2CC2)c2ccccc12. The van der Waals surface area contributed by atoms with Crippen molar-refractivity contribution in [3.63, 3.8) is 0 Å². The van der Waals surface area contributed by atoms with Crippen LogP contribution in [-0.2, 0) is 4.79 Å². The Morgan fingerprint density at radius 3 is 2.72 bits per heavy atom. The first kappa shape index (κ1) is 10.8. The van der Waals surface area contributed by atoms with Crippen molar-refractivity contribution in [2.45, 2.75) is 12.8 Å². The highest BCUT2D eigenvalue weighted by Crippen LogP contribution is 2.29. The van der Waals surface area contributed by atoms with Crippen molar-refractivity contribution in [2.24, 2.45) is 11.7 Å². The summed E-state index contributed by atoms with van der Waals surface area (Å²) < 4.78 is 0. The van der Waals surface area contributed by atoms with Crippen LogP contribution in [0.25, 0.3) is 10.9 Å². The molecule has 1 heterocycles. The van der Waals surface area contributed by atoms with Crippen molar-refractivity contribution in [1.82, 2.24) is 9.89 Å². The van der Waals surface area contributed by atoms with Crippen LogP contribution in [0.1, 0.15) is 23.3 Å². The third-order valence-electron chi connectivity index (χ3n) is 2.98. The number of primary amides is 1. The Morgan fingerprint density at radius 2 is 2.06 bits per heavy atom. The molecule has 1 aliphatic carbocycles. The fourth-order valence-electron chi connectivity index (χ4n) is 1.87. The van der Waals surface area contributed by atoms with Crippen molar-refractivity contribution in [3.05, 3.63) is 30.0 Å². The molecule has 18 heavy (non-hydrogen) atoms. The van der Waals surface area contributed by atoms with Gasteiger partial charge < -0.3 is 5.73 Å². The summed E-state index contributed by atoms with van der Waals surface area (Å²) in [5, 5.41) is 4.69. The van der Waals surface area contributed by atoms with E-state index in [4.69, 9.17) is 5.73 Å². The van der Waals surface area contributed by atoms with Crippen LogP contribution in [0, 0.1) is 5.92 Å². The molecule has 1 aliphatic rings. The minimum Gasteiger partial charge on any atom is -0.364 e. The Balaban J connectivity index is 2.05. The average molecular weight is 244 g/mol. The molecule has 1 fully saturated rings. The first-order valence-corrected chi connectivity index (χ1v) is 5.75. The van der Waals surface area contributed by atoms with E-state index >= 15 is 0 Å². The first-order valence-electron chi connectivity index (χ1n) is 5.75. The molecule has 0 unspecified atom stereocenters. The number of amides is 2. The number of aromatic nitrogens is 2. The van der Waals surface area contributed by atoms with Gasteiger partial charge >= 0.3 is 0 Å². The zero-order chi connectivity index (χ0) is 12.7. The molecule has 1 aromatic carbocycles. The molecule has 0 spiro atoms. The van der Waals surface area contributed by atoms with Crippen LogP contribution in [0.2, 0.25) is 0 Å². The van der Waals surface area contributed by atoms with Crippen LogP contribution in [0.5, 0.6) is 0 Å². The summed E-state index contributed by atoms with van der Waals surface area (Å²) in [4.78, 5) is 24.3. The Hall–Kier alpha value is -2.37. The molecule has 1 saturated carbocycles. The van der Waals surface area contributed by atoms with Gasteiger partial charge in [0.05, 0.1) is 5.52 Å². The number of nitrogens with one attached hydrogen (secondary N) is 1. The topological polar surface area (TPSA) is 90.0 Å². The quantitative estimate of drug-likeness (QED) is 0.829. The number of benzene rings is 1. The maximum absolute atomic E-state index is 11.7. The fourth-order valence-corrected chi connectivity index (χ4v) is 1.87. The summed E-state index contributed by atoms with van der Waals surface area (Å²) in [5.41, 5.74) is 8.78. The van der Waals surface area contributed by atoms with Crippen LogP contribution in [0.4, 0.5) is 0 Å². The molecule has 0 atom stereocenters. The number of nitrogens with zero attached hydrogens (tertiary/aromatic N) is 2. The lowest BCUT2D eigenvalue weighted by Crippen LogP contribution is -2.25. The van der Waals surface area contributed by atoms with Crippen molar-refractivity contribution >= 4 is 22.7 Å². The predicted octanol–water partition coefficient (Wildman–Crippen LogP) is 0.615. The Morgan fingerprint density at radius 1 is 1.33 bits per heavy atom. The minimum atomic E-state index is -0.606. The monoisotopic (exact) mass is 244 g/mol. The number of hydrogen-bond acceptors (Lipinski definition) is 3. The number of carbonyl (C=O) groups excluding carboxylic acids is 2. The molecule has 6 heteroatoms. The van der Waals surface area contributed by atoms with Gasteiger partial charge in [-0.25, -0.2) is 5.43 Å². The number of fused-ring (bicyclic) bond motifs is 1. The maximum atomic E-state index is 11.7. The zero-order valence-corrected chi connectivity index (χ0v) is 9.59. The average Bonchev–Trinajstić information content (AvgIpc) is 3.13. The summed E-state index contributed by atoms with van der Waals surface area (Å²) in [7, 11) is 0. The summed E-state index contributed by atoms with van der Waals surface area (Å²) in [6, 6.07) is 7.14. The predicted molar refractivity (Wildman–Crippen MR) is 65.3 cm³/mol. The standard InChI is InChI=1S/C12H12N4O2/c13-11(17)10-8-3-1-2-4-9(8)16(14-10)15-12(18)7-5-6-7/h1-4,7H,5-6H2,(H2,13,17)(H,15,18). The fraction of sp³-hybridized carbons (Fsp3) is 0.250. The maximum Gasteiger partial charge on any atom is 0.269 e. The first-order chi connectivity index (χ1) is 8.66. The third-order valence-corrected chi connectivity index (χ3v) is 2.98. The molecule has 6 nitrogen and oxygen atoms in total. The molecule has 2 aromatic rings. The molecule has 0 bridgehead atoms. The van der Waals surface area contributed by atoms with Crippen LogP contribution < -0.4 is 11.2 Å². The number of hydrogen-bond donors (Lipinski definition) is 2. The Labute approximate surface area is 103 Å². The summed E-state index contributed by atoms with van der Waals surface area (Å²) in [6.07, 6.45) is 1.82. The molecule has 0 aliphatic heterocycles. The molecular weight excluding hydrogens is 232 g/mol. The second-order valence-electron chi connectivity index (χ2n) is 4.39. The van der Waals surface area contributed by atoms with Gasteiger partial charge in [-0.15, -0.1) is 5.10 Å². The van der Waals surface area contributed by atoms with Crippen molar-refractivity contribution in [2.75, 3.05) is 5.43 Å². The summed E-state index contributed by atoms with van der Waals surface area (Å²) >= 11 is 0. The van der Waals surface area contributed by atoms with E-state index < -0.39 is 5.91 Å². The Bertz CT molecular complexity index is 643. The number of para-hydroxylation sites is 1. The lowest BCUT2D eigenvalue weighted by Gasteiger charge is -2.04. The largest absolute Gasteiger partial charge is 0.364 e. The highest BCUT2D eigenvalue weighted by molar-refractivity contribution is 6.04. The van der Waals surface area contributed by atoms with Crippen molar-refractivity contribution in [1.29, 1.82) is 0 Å². The van der Waals surface area contributed by atoms with Gasteiger partial charge in [0.15, 0.2) is 5.69 Å². The van der Waals surface area contributed by atoms with Gasteiger partial charge in [0.2, 0.25) is 5.91 Å². The van der Waals surface area contributed by atoms with E-state index in [1.807, 2.05) is 6.07 Å². The molecule has 2 amide bonds. The number of carbonyl (C=O) groups is 2. The summed E-state index contributed by atoms with van der Waals surface area (Å²) in [5.74, 6) is -0.602. The smallest absolute Gasteiger partial charge is 0.269 e. The molecule has 92 valence electrons. The van der Waals surface area contributed by atoms with Crippen LogP contribution >= 0.6 is 0 Å². The molecule has 3 rings (SSSR count). The second kappa shape index (κ2) is 3.83. The highest BCUT2D eigenvalue weighted by atomic mass is 16.2. The molecular formula is C12H12N4O2. The van der Waals surface area contributed by atoms with Gasteiger partial charge in [-0.3, -0.25) is 9.59 Å². The normalized spacial score (nSPS) is 14.7. The van der Waals surface area contributed by atoms with Gasteiger partial charge in [0.1, 0.15) is 0 Å². The molecule has 3 N–H and O–H groups in total. The van der Waals surface area contributed by atoms with Crippen LogP contribution in [0.3, 0.4) is 0 Å². The van der Waals surface area contributed by atoms with Gasteiger partial charge in [-0.2, -0.15) is 4.79 Å². The van der Waals surface area contributed by atoms with Crippen molar-refractivity contribution in [3.8, 4) is 0 Å². The molecule has 0 saturated heterocycles. The van der Waals surface area contributed by atoms with Gasteiger partial charge in [0.25, 0.3) is 5.91 Å². The van der Waals surface area contributed by atoms with E-state index in [1.165, 1.54) is 4.79 Å². The van der Waals surface area contributed by atoms with Gasteiger partial charge in [0, 0.05) is 11.3 Å². The van der Waals surface area contributed by atoms with Crippen LogP contribution in [-0.4, -0.2) is 21.7 Å². The minimum absolute atomic E-state index is 0.0701. The Kier molecular flexibility index (Phi) is 2.29. The van der Waals surface area contributed by atoms with E-state index in [-0.39, 0.29) is 17.5 Å². The van der Waals surface area contributed by atoms with E-state index in [0.29, 0.717) is 10.9 Å². The summed E-state index contributed by atoms with van der Waals surface area (Å²) in [6.45, 7) is 0. The third kappa shape index (κ3) is 1.71. The molecule has 0 radical (unpaired) electrons. The number of rotatable bonds is 3. The van der Waals surface area contributed by atoms with E-state index in [1.54, 1.807) is 18.2 Å². The number of nitrogens with two attached hydrogens (primary N) is 1. The van der Waals surface area contributed by atoms with E-state index in [0.717, 1.165) is 12.8 Å². The molecule has 1 aromatic heterocycles. The second-order valence-corrected chi connectivity index (χ2v) is 4.39. The highest BCUT2D eigenvalue weighted by Gasteiger charge is 2.30. The van der Waals surface area contributed by atoms with E-state index in [9.17, 15) is 9.59 Å². The van der Waals surface area contributed by atoms with E-state index in [2.05, 4.69) is 10.5 Å². The van der Waals surface area contributed by atoms with Crippen molar-refractivity contribution < 1.29 is 9.59 Å². The van der Waals surface area contributed by atoms with Gasteiger partial charge in [-0.1, -0.05) is 18.2 Å². The lowest BCUT2D eigenvalue weighted by molar-refractivity contribution is -0.118.